The number of rotatable bonds is 1. The molecule has 1 aliphatic carbocycles. The van der Waals surface area contributed by atoms with Crippen molar-refractivity contribution in [1.82, 2.24) is 0 Å². The molecule has 0 aromatic rings. The maximum atomic E-state index is 9.26. The summed E-state index contributed by atoms with van der Waals surface area (Å²) in [6.45, 7) is 2.43. The fourth-order valence-corrected chi connectivity index (χ4v) is 2.70. The van der Waals surface area contributed by atoms with Crippen molar-refractivity contribution >= 4 is 0 Å². The lowest BCUT2D eigenvalue weighted by atomic mass is 9.82. The van der Waals surface area contributed by atoms with Crippen LogP contribution in [-0.2, 0) is 4.74 Å². The van der Waals surface area contributed by atoms with E-state index in [0.717, 1.165) is 12.8 Å². The second kappa shape index (κ2) is 2.46. The van der Waals surface area contributed by atoms with Crippen molar-refractivity contribution < 1.29 is 9.84 Å². The largest absolute Gasteiger partial charge is 0.396 e. The Kier molecular flexibility index (Phi) is 1.69. The predicted molar refractivity (Wildman–Crippen MR) is 42.3 cm³/mol. The van der Waals surface area contributed by atoms with Gasteiger partial charge in [0.1, 0.15) is 0 Å². The van der Waals surface area contributed by atoms with Crippen LogP contribution in [0.5, 0.6) is 0 Å². The van der Waals surface area contributed by atoms with Gasteiger partial charge in [-0.1, -0.05) is 6.42 Å². The molecule has 0 spiro atoms. The fraction of sp³-hybridized carbons (Fsp3) is 1.00. The van der Waals surface area contributed by atoms with E-state index < -0.39 is 0 Å². The monoisotopic (exact) mass is 156 g/mol. The van der Waals surface area contributed by atoms with Crippen LogP contribution in [0.15, 0.2) is 0 Å². The van der Waals surface area contributed by atoms with E-state index in [1.807, 2.05) is 0 Å². The summed E-state index contributed by atoms with van der Waals surface area (Å²) >= 11 is 0. The van der Waals surface area contributed by atoms with Crippen LogP contribution < -0.4 is 0 Å². The molecule has 2 nitrogen and oxygen atoms in total. The van der Waals surface area contributed by atoms with Crippen molar-refractivity contribution in [3.8, 4) is 0 Å². The molecule has 0 aromatic heterocycles. The number of ether oxygens (including phenoxy) is 1. The topological polar surface area (TPSA) is 29.5 Å². The van der Waals surface area contributed by atoms with E-state index in [4.69, 9.17) is 4.74 Å². The smallest absolute Gasteiger partial charge is 0.0657 e. The van der Waals surface area contributed by atoms with Gasteiger partial charge in [0, 0.05) is 5.41 Å². The molecule has 2 rings (SSSR count). The highest BCUT2D eigenvalue weighted by atomic mass is 16.5. The van der Waals surface area contributed by atoms with Crippen molar-refractivity contribution in [1.29, 1.82) is 0 Å². The van der Waals surface area contributed by atoms with Gasteiger partial charge in [-0.2, -0.15) is 0 Å². The Morgan fingerprint density at radius 2 is 2.45 bits per heavy atom. The van der Waals surface area contributed by atoms with E-state index in [1.165, 1.54) is 12.8 Å². The molecule has 1 saturated heterocycles. The van der Waals surface area contributed by atoms with Crippen LogP contribution in [-0.4, -0.2) is 23.9 Å². The minimum atomic E-state index is 0.152. The lowest BCUT2D eigenvalue weighted by molar-refractivity contribution is 0.0154. The van der Waals surface area contributed by atoms with Crippen LogP contribution in [0.3, 0.4) is 0 Å². The molecule has 2 aliphatic rings. The maximum absolute atomic E-state index is 9.26. The molecule has 1 heterocycles. The van der Waals surface area contributed by atoms with Gasteiger partial charge in [0.25, 0.3) is 0 Å². The molecule has 0 radical (unpaired) electrons. The van der Waals surface area contributed by atoms with Crippen LogP contribution >= 0.6 is 0 Å². The summed E-state index contributed by atoms with van der Waals surface area (Å²) < 4.78 is 5.72. The third-order valence-corrected chi connectivity index (χ3v) is 3.23. The molecule has 2 fully saturated rings. The van der Waals surface area contributed by atoms with Gasteiger partial charge in [0.2, 0.25) is 0 Å². The SMILES string of the molecule is CC1CC2(CO)CCCC2O1. The highest BCUT2D eigenvalue weighted by Crippen LogP contribution is 2.49. The molecule has 3 unspecified atom stereocenters. The summed E-state index contributed by atoms with van der Waals surface area (Å²) in [5.41, 5.74) is 0.152. The highest BCUT2D eigenvalue weighted by Gasteiger charge is 2.49. The first-order valence-electron chi connectivity index (χ1n) is 4.53. The van der Waals surface area contributed by atoms with E-state index in [1.54, 1.807) is 0 Å². The molecule has 0 bridgehead atoms. The number of aliphatic hydroxyl groups excluding tert-OH is 1. The zero-order valence-corrected chi connectivity index (χ0v) is 7.05. The molecule has 3 atom stereocenters. The van der Waals surface area contributed by atoms with Gasteiger partial charge in [-0.25, -0.2) is 0 Å². The minimum Gasteiger partial charge on any atom is -0.396 e. The molecule has 64 valence electrons. The Bertz CT molecular complexity index is 158. The first-order chi connectivity index (χ1) is 5.27. The summed E-state index contributed by atoms with van der Waals surface area (Å²) in [4.78, 5) is 0. The standard InChI is InChI=1S/C9H16O2/c1-7-5-9(6-10)4-2-3-8(9)11-7/h7-8,10H,2-6H2,1H3. The van der Waals surface area contributed by atoms with E-state index in [9.17, 15) is 5.11 Å². The Morgan fingerprint density at radius 1 is 1.64 bits per heavy atom. The third-order valence-electron chi connectivity index (χ3n) is 3.23. The van der Waals surface area contributed by atoms with Crippen LogP contribution in [0.4, 0.5) is 0 Å². The quantitative estimate of drug-likeness (QED) is 0.620. The fourth-order valence-electron chi connectivity index (χ4n) is 2.70. The Labute approximate surface area is 67.6 Å². The Morgan fingerprint density at radius 3 is 3.09 bits per heavy atom. The number of aliphatic hydroxyl groups is 1. The number of hydrogen-bond donors (Lipinski definition) is 1. The third kappa shape index (κ3) is 1.00. The average Bonchev–Trinajstić information content (AvgIpc) is 2.43. The van der Waals surface area contributed by atoms with E-state index in [2.05, 4.69) is 6.92 Å². The van der Waals surface area contributed by atoms with Crippen molar-refractivity contribution in [3.63, 3.8) is 0 Å². The van der Waals surface area contributed by atoms with Crippen LogP contribution in [0.25, 0.3) is 0 Å². The molecule has 0 aromatic carbocycles. The summed E-state index contributed by atoms with van der Waals surface area (Å²) in [5.74, 6) is 0. The second-order valence-electron chi connectivity index (χ2n) is 4.05. The zero-order valence-electron chi connectivity index (χ0n) is 7.05. The van der Waals surface area contributed by atoms with Gasteiger partial charge in [-0.05, 0) is 26.2 Å². The highest BCUT2D eigenvalue weighted by molar-refractivity contribution is 4.98. The summed E-state index contributed by atoms with van der Waals surface area (Å²) in [5, 5.41) is 9.26. The van der Waals surface area contributed by atoms with Crippen molar-refractivity contribution in [2.24, 2.45) is 5.41 Å². The van der Waals surface area contributed by atoms with Gasteiger partial charge < -0.3 is 9.84 Å². The van der Waals surface area contributed by atoms with Gasteiger partial charge in [0.05, 0.1) is 18.8 Å². The second-order valence-corrected chi connectivity index (χ2v) is 4.05. The number of hydrogen-bond acceptors (Lipinski definition) is 2. The average molecular weight is 156 g/mol. The van der Waals surface area contributed by atoms with Crippen molar-refractivity contribution in [2.75, 3.05) is 6.61 Å². The first kappa shape index (κ1) is 7.56. The van der Waals surface area contributed by atoms with E-state index >= 15 is 0 Å². The van der Waals surface area contributed by atoms with Crippen molar-refractivity contribution in [2.45, 2.75) is 44.8 Å². The molecule has 1 N–H and O–H groups in total. The molecule has 2 heteroatoms. The van der Waals surface area contributed by atoms with Crippen molar-refractivity contribution in [3.05, 3.63) is 0 Å². The molecule has 11 heavy (non-hydrogen) atoms. The molecular formula is C9H16O2. The van der Waals surface area contributed by atoms with E-state index in [-0.39, 0.29) is 5.41 Å². The molecule has 1 aliphatic heterocycles. The van der Waals surface area contributed by atoms with Gasteiger partial charge in [0.15, 0.2) is 0 Å². The lowest BCUT2D eigenvalue weighted by Gasteiger charge is -2.24. The predicted octanol–water partition coefficient (Wildman–Crippen LogP) is 1.33. The molecular weight excluding hydrogens is 140 g/mol. The Hall–Kier alpha value is -0.0800. The maximum Gasteiger partial charge on any atom is 0.0657 e. The van der Waals surface area contributed by atoms with Gasteiger partial charge >= 0.3 is 0 Å². The van der Waals surface area contributed by atoms with Gasteiger partial charge in [-0.3, -0.25) is 0 Å². The Balaban J connectivity index is 2.15. The minimum absolute atomic E-state index is 0.152. The van der Waals surface area contributed by atoms with Crippen LogP contribution in [0.1, 0.15) is 32.6 Å². The molecule has 1 saturated carbocycles. The summed E-state index contributed by atoms with van der Waals surface area (Å²) in [6.07, 6.45) is 5.35. The molecule has 0 amide bonds. The zero-order chi connectivity index (χ0) is 7.90. The van der Waals surface area contributed by atoms with Crippen LogP contribution in [0.2, 0.25) is 0 Å². The van der Waals surface area contributed by atoms with E-state index in [0.29, 0.717) is 18.8 Å². The lowest BCUT2D eigenvalue weighted by Crippen LogP contribution is -2.28. The summed E-state index contributed by atoms with van der Waals surface area (Å²) in [7, 11) is 0. The first-order valence-corrected chi connectivity index (χ1v) is 4.53. The van der Waals surface area contributed by atoms with Crippen LogP contribution in [0, 0.1) is 5.41 Å². The summed E-state index contributed by atoms with van der Waals surface area (Å²) in [6, 6.07) is 0. The van der Waals surface area contributed by atoms with Gasteiger partial charge in [-0.15, -0.1) is 0 Å². The number of fused-ring (bicyclic) bond motifs is 1. The normalized spacial score (nSPS) is 49.6.